The maximum atomic E-state index is 2.42. The van der Waals surface area contributed by atoms with Crippen LogP contribution in [-0.4, -0.2) is 0 Å². The Kier molecular flexibility index (Phi) is 12.5. The Morgan fingerprint density at radius 2 is 0.632 bits per heavy atom. The largest absolute Gasteiger partial charge is 0.0622 e. The van der Waals surface area contributed by atoms with Crippen molar-refractivity contribution in [2.75, 3.05) is 0 Å². The highest BCUT2D eigenvalue weighted by Gasteiger charge is 2.20. The Balaban J connectivity index is 0.000000194. The van der Waals surface area contributed by atoms with E-state index in [1.807, 2.05) is 0 Å². The van der Waals surface area contributed by atoms with Crippen LogP contribution in [0.1, 0.15) is 101 Å². The molecule has 0 aliphatic carbocycles. The molecule has 0 heteroatoms. The second-order valence-electron chi connectivity index (χ2n) is 16.9. The minimum Gasteiger partial charge on any atom is -0.0622 e. The van der Waals surface area contributed by atoms with Crippen LogP contribution in [0, 0.1) is 62.3 Å². The lowest BCUT2D eigenvalue weighted by Crippen LogP contribution is -2.02. The van der Waals surface area contributed by atoms with Gasteiger partial charge in [-0.05, 0) is 204 Å². The monoisotopic (exact) mass is 746 g/mol. The third-order valence-electron chi connectivity index (χ3n) is 12.2. The predicted octanol–water partition coefficient (Wildman–Crippen LogP) is 16.7. The molecule has 0 saturated heterocycles. The number of aryl methyl sites for hydroxylation is 4. The Bertz CT molecular complexity index is 2400. The van der Waals surface area contributed by atoms with Gasteiger partial charge in [0.2, 0.25) is 0 Å². The maximum absolute atomic E-state index is 2.42. The van der Waals surface area contributed by atoms with Crippen LogP contribution < -0.4 is 0 Å². The van der Waals surface area contributed by atoms with Crippen LogP contribution >= 0.6 is 0 Å². The first-order chi connectivity index (χ1) is 27.2. The fourth-order valence-corrected chi connectivity index (χ4v) is 9.27. The summed E-state index contributed by atoms with van der Waals surface area (Å²) in [6.07, 6.45) is 0. The van der Waals surface area contributed by atoms with Crippen molar-refractivity contribution in [2.45, 2.75) is 102 Å². The SMILES string of the molecule is Cc1cc(-c2c(C)c(C)c(C)c(C)c2C)cc(-c2ccccc2)c1C(C)C.Cc1cc(C)c(-c2cc(-c3ccccc3)c(C(C)C)c(-c3ccccc3)c2)c(C)c1. The second-order valence-corrected chi connectivity index (χ2v) is 16.9. The van der Waals surface area contributed by atoms with Crippen LogP contribution in [0.5, 0.6) is 0 Å². The average molecular weight is 747 g/mol. The van der Waals surface area contributed by atoms with Gasteiger partial charge in [0.05, 0.1) is 0 Å². The van der Waals surface area contributed by atoms with E-state index in [1.54, 1.807) is 0 Å². The highest BCUT2D eigenvalue weighted by Crippen LogP contribution is 2.43. The van der Waals surface area contributed by atoms with Crippen LogP contribution in [0.25, 0.3) is 55.6 Å². The predicted molar refractivity (Wildman–Crippen MR) is 251 cm³/mol. The molecule has 290 valence electrons. The van der Waals surface area contributed by atoms with E-state index in [-0.39, 0.29) is 0 Å². The summed E-state index contributed by atoms with van der Waals surface area (Å²) in [6, 6.07) is 46.7. The Morgan fingerprint density at radius 3 is 1.00 bits per heavy atom. The average Bonchev–Trinajstić information content (AvgIpc) is 3.19. The zero-order chi connectivity index (χ0) is 41.1. The van der Waals surface area contributed by atoms with Crippen molar-refractivity contribution < 1.29 is 0 Å². The van der Waals surface area contributed by atoms with E-state index < -0.39 is 0 Å². The summed E-state index contributed by atoms with van der Waals surface area (Å²) in [5.41, 5.74) is 28.6. The Hall–Kier alpha value is -5.46. The minimum absolute atomic E-state index is 0.421. The second kappa shape index (κ2) is 17.4. The summed E-state index contributed by atoms with van der Waals surface area (Å²) in [5, 5.41) is 0. The number of benzene rings is 7. The molecule has 0 amide bonds. The van der Waals surface area contributed by atoms with Crippen molar-refractivity contribution in [1.29, 1.82) is 0 Å². The third kappa shape index (κ3) is 8.47. The van der Waals surface area contributed by atoms with Crippen molar-refractivity contribution in [1.82, 2.24) is 0 Å². The summed E-state index contributed by atoms with van der Waals surface area (Å²) in [5.74, 6) is 0.919. The van der Waals surface area contributed by atoms with Crippen molar-refractivity contribution in [3.63, 3.8) is 0 Å². The lowest BCUT2D eigenvalue weighted by Gasteiger charge is -2.23. The Morgan fingerprint density at radius 1 is 0.298 bits per heavy atom. The van der Waals surface area contributed by atoms with Crippen LogP contribution in [0.15, 0.2) is 127 Å². The highest BCUT2D eigenvalue weighted by molar-refractivity contribution is 5.87. The molecular weight excluding hydrogens is 685 g/mol. The van der Waals surface area contributed by atoms with Gasteiger partial charge in [-0.3, -0.25) is 0 Å². The smallest absolute Gasteiger partial charge is 0.0120 e. The molecule has 0 spiro atoms. The number of hydrogen-bond donors (Lipinski definition) is 0. The van der Waals surface area contributed by atoms with Gasteiger partial charge in [-0.1, -0.05) is 142 Å². The molecule has 0 saturated carbocycles. The minimum atomic E-state index is 0.421. The van der Waals surface area contributed by atoms with Gasteiger partial charge in [0, 0.05) is 0 Å². The molecule has 0 atom stereocenters. The molecule has 0 aromatic heterocycles. The molecule has 0 heterocycles. The maximum Gasteiger partial charge on any atom is -0.0120 e. The first kappa shape index (κ1) is 41.2. The van der Waals surface area contributed by atoms with Gasteiger partial charge in [0.25, 0.3) is 0 Å². The zero-order valence-electron chi connectivity index (χ0n) is 36.8. The van der Waals surface area contributed by atoms with E-state index in [2.05, 4.69) is 217 Å². The van der Waals surface area contributed by atoms with Gasteiger partial charge in [-0.25, -0.2) is 0 Å². The zero-order valence-corrected chi connectivity index (χ0v) is 36.8. The first-order valence-corrected chi connectivity index (χ1v) is 20.8. The fraction of sp³-hybridized carbons (Fsp3) is 0.263. The summed E-state index contributed by atoms with van der Waals surface area (Å²) < 4.78 is 0. The van der Waals surface area contributed by atoms with E-state index in [9.17, 15) is 0 Å². The molecule has 0 N–H and O–H groups in total. The van der Waals surface area contributed by atoms with Gasteiger partial charge in [0.15, 0.2) is 0 Å². The molecule has 0 aliphatic rings. The van der Waals surface area contributed by atoms with Crippen molar-refractivity contribution >= 4 is 0 Å². The van der Waals surface area contributed by atoms with Crippen LogP contribution in [0.2, 0.25) is 0 Å². The molecule has 0 fully saturated rings. The van der Waals surface area contributed by atoms with Crippen LogP contribution in [0.3, 0.4) is 0 Å². The molecule has 7 aromatic carbocycles. The van der Waals surface area contributed by atoms with E-state index in [4.69, 9.17) is 0 Å². The van der Waals surface area contributed by atoms with Crippen molar-refractivity contribution in [3.8, 4) is 55.6 Å². The van der Waals surface area contributed by atoms with E-state index in [0.717, 1.165) is 0 Å². The van der Waals surface area contributed by atoms with E-state index in [0.29, 0.717) is 11.8 Å². The summed E-state index contributed by atoms with van der Waals surface area (Å²) >= 11 is 0. The molecular formula is C57H62. The van der Waals surface area contributed by atoms with E-state index in [1.165, 1.54) is 117 Å². The standard InChI is InChI=1S/C30H30.C27H32/c1-20(2)29-27(24-12-8-6-9-13-24)18-26(19-28(29)25-14-10-7-11-15-25)30-22(4)16-21(3)17-23(30)5;1-16(2)26-17(3)14-24(15-25(26)23-12-10-9-11-13-23)27-21(7)19(5)18(4)20(6)22(27)8/h6-20H,1-5H3;9-16H,1-8H3. The van der Waals surface area contributed by atoms with Gasteiger partial charge >= 0.3 is 0 Å². The molecule has 0 bridgehead atoms. The van der Waals surface area contributed by atoms with Crippen molar-refractivity contribution in [2.24, 2.45) is 0 Å². The molecule has 0 radical (unpaired) electrons. The molecule has 0 aliphatic heterocycles. The van der Waals surface area contributed by atoms with Crippen LogP contribution in [-0.2, 0) is 0 Å². The molecule has 0 unspecified atom stereocenters. The van der Waals surface area contributed by atoms with Gasteiger partial charge in [0.1, 0.15) is 0 Å². The number of rotatable bonds is 7. The molecule has 0 nitrogen and oxygen atoms in total. The van der Waals surface area contributed by atoms with E-state index >= 15 is 0 Å². The highest BCUT2D eigenvalue weighted by atomic mass is 14.2. The topological polar surface area (TPSA) is 0 Å². The van der Waals surface area contributed by atoms with Gasteiger partial charge in [-0.15, -0.1) is 0 Å². The van der Waals surface area contributed by atoms with Crippen LogP contribution in [0.4, 0.5) is 0 Å². The normalized spacial score (nSPS) is 11.2. The fourth-order valence-electron chi connectivity index (χ4n) is 9.27. The molecule has 57 heavy (non-hydrogen) atoms. The third-order valence-corrected chi connectivity index (χ3v) is 12.2. The molecule has 7 rings (SSSR count). The van der Waals surface area contributed by atoms with Gasteiger partial charge < -0.3 is 0 Å². The lowest BCUT2D eigenvalue weighted by atomic mass is 9.82. The summed E-state index contributed by atoms with van der Waals surface area (Å²) in [6.45, 7) is 29.4. The molecule has 7 aromatic rings. The quantitative estimate of drug-likeness (QED) is 0.152. The summed E-state index contributed by atoms with van der Waals surface area (Å²) in [4.78, 5) is 0. The summed E-state index contributed by atoms with van der Waals surface area (Å²) in [7, 11) is 0. The van der Waals surface area contributed by atoms with Gasteiger partial charge in [-0.2, -0.15) is 0 Å². The van der Waals surface area contributed by atoms with Crippen molar-refractivity contribution in [3.05, 3.63) is 189 Å². The Labute approximate surface area is 344 Å². The first-order valence-electron chi connectivity index (χ1n) is 20.8. The number of hydrogen-bond acceptors (Lipinski definition) is 0. The lowest BCUT2D eigenvalue weighted by molar-refractivity contribution is 0.859.